The van der Waals surface area contributed by atoms with Crippen LogP contribution >= 0.6 is 0 Å². The lowest BCUT2D eigenvalue weighted by molar-refractivity contribution is -0.136. The zero-order chi connectivity index (χ0) is 17.8. The molecule has 3 rings (SSSR count). The molecule has 2 aliphatic rings. The van der Waals surface area contributed by atoms with E-state index in [1.807, 2.05) is 11.8 Å². The van der Waals surface area contributed by atoms with E-state index in [4.69, 9.17) is 0 Å². The minimum Gasteiger partial charge on any atom is -0.342 e. The van der Waals surface area contributed by atoms with E-state index in [0.29, 0.717) is 11.6 Å². The van der Waals surface area contributed by atoms with Crippen molar-refractivity contribution in [1.29, 1.82) is 0 Å². The molecule has 1 aromatic rings. The Bertz CT molecular complexity index is 606. The standard InChI is InChI=1S/C19H26FN3O2/c1-14(18(24)21-17-6-4-16(20)5-7-17)22-12-8-15(9-13-22)19(25)23-10-2-3-11-23/h4-7,14-15H,2-3,8-13H2,1H3,(H,21,24). The molecule has 0 spiro atoms. The van der Waals surface area contributed by atoms with Gasteiger partial charge in [0.25, 0.3) is 0 Å². The number of halogens is 1. The summed E-state index contributed by atoms with van der Waals surface area (Å²) in [6.45, 7) is 5.18. The number of anilines is 1. The molecule has 0 bridgehead atoms. The van der Waals surface area contributed by atoms with Crippen molar-refractivity contribution in [3.8, 4) is 0 Å². The van der Waals surface area contributed by atoms with Crippen molar-refractivity contribution < 1.29 is 14.0 Å². The molecule has 5 nitrogen and oxygen atoms in total. The first-order valence-corrected chi connectivity index (χ1v) is 9.14. The summed E-state index contributed by atoms with van der Waals surface area (Å²) in [4.78, 5) is 29.0. The molecule has 6 heteroatoms. The smallest absolute Gasteiger partial charge is 0.241 e. The second-order valence-electron chi connectivity index (χ2n) is 7.01. The molecule has 1 N–H and O–H groups in total. The summed E-state index contributed by atoms with van der Waals surface area (Å²) in [7, 11) is 0. The molecular weight excluding hydrogens is 321 g/mol. The number of hydrogen-bond acceptors (Lipinski definition) is 3. The highest BCUT2D eigenvalue weighted by Crippen LogP contribution is 2.23. The number of nitrogens with one attached hydrogen (secondary N) is 1. The van der Waals surface area contributed by atoms with Crippen molar-refractivity contribution in [1.82, 2.24) is 9.80 Å². The number of hydrogen-bond donors (Lipinski definition) is 1. The van der Waals surface area contributed by atoms with Gasteiger partial charge in [-0.05, 0) is 70.0 Å². The molecule has 0 saturated carbocycles. The van der Waals surface area contributed by atoms with E-state index >= 15 is 0 Å². The molecule has 1 aromatic carbocycles. The number of carbonyl (C=O) groups is 2. The number of nitrogens with zero attached hydrogens (tertiary/aromatic N) is 2. The summed E-state index contributed by atoms with van der Waals surface area (Å²) < 4.78 is 12.9. The Labute approximate surface area is 148 Å². The maximum absolute atomic E-state index is 12.9. The first-order chi connectivity index (χ1) is 12.0. The summed E-state index contributed by atoms with van der Waals surface area (Å²) in [6.07, 6.45) is 3.85. The second kappa shape index (κ2) is 7.95. The largest absolute Gasteiger partial charge is 0.342 e. The minimum atomic E-state index is -0.323. The van der Waals surface area contributed by atoms with Gasteiger partial charge in [-0.1, -0.05) is 0 Å². The fraction of sp³-hybridized carbons (Fsp3) is 0.579. The van der Waals surface area contributed by atoms with Gasteiger partial charge >= 0.3 is 0 Å². The van der Waals surface area contributed by atoms with Crippen molar-refractivity contribution in [2.45, 2.75) is 38.6 Å². The zero-order valence-corrected chi connectivity index (χ0v) is 14.7. The average Bonchev–Trinajstić information content (AvgIpc) is 3.17. The molecule has 2 amide bonds. The topological polar surface area (TPSA) is 52.7 Å². The third-order valence-electron chi connectivity index (χ3n) is 5.34. The highest BCUT2D eigenvalue weighted by molar-refractivity contribution is 5.94. The highest BCUT2D eigenvalue weighted by atomic mass is 19.1. The number of benzene rings is 1. The molecule has 2 saturated heterocycles. The monoisotopic (exact) mass is 347 g/mol. The van der Waals surface area contributed by atoms with E-state index in [1.54, 1.807) is 12.1 Å². The molecular formula is C19H26FN3O2. The molecule has 25 heavy (non-hydrogen) atoms. The molecule has 0 radical (unpaired) electrons. The van der Waals surface area contributed by atoms with Gasteiger partial charge in [0, 0.05) is 24.7 Å². The molecule has 1 atom stereocenters. The van der Waals surface area contributed by atoms with Crippen LogP contribution < -0.4 is 5.32 Å². The van der Waals surface area contributed by atoms with Crippen LogP contribution in [0.15, 0.2) is 24.3 Å². The van der Waals surface area contributed by atoms with Crippen LogP contribution in [-0.2, 0) is 9.59 Å². The Morgan fingerprint density at radius 3 is 2.28 bits per heavy atom. The van der Waals surface area contributed by atoms with E-state index < -0.39 is 0 Å². The number of carbonyl (C=O) groups excluding carboxylic acids is 2. The van der Waals surface area contributed by atoms with Crippen LogP contribution in [0.4, 0.5) is 10.1 Å². The van der Waals surface area contributed by atoms with Gasteiger partial charge < -0.3 is 10.2 Å². The van der Waals surface area contributed by atoms with E-state index in [1.165, 1.54) is 12.1 Å². The van der Waals surface area contributed by atoms with Crippen LogP contribution in [0.25, 0.3) is 0 Å². The maximum atomic E-state index is 12.9. The van der Waals surface area contributed by atoms with Crippen LogP contribution in [0.1, 0.15) is 32.6 Å². The number of rotatable bonds is 4. The van der Waals surface area contributed by atoms with E-state index in [-0.39, 0.29) is 23.7 Å². The van der Waals surface area contributed by atoms with Gasteiger partial charge in [0.05, 0.1) is 6.04 Å². The van der Waals surface area contributed by atoms with E-state index in [9.17, 15) is 14.0 Å². The van der Waals surface area contributed by atoms with E-state index in [0.717, 1.165) is 51.9 Å². The minimum absolute atomic E-state index is 0.0988. The van der Waals surface area contributed by atoms with Crippen molar-refractivity contribution in [3.05, 3.63) is 30.1 Å². The predicted molar refractivity (Wildman–Crippen MR) is 94.6 cm³/mol. The van der Waals surface area contributed by atoms with Crippen molar-refractivity contribution in [3.63, 3.8) is 0 Å². The fourth-order valence-electron chi connectivity index (χ4n) is 3.68. The lowest BCUT2D eigenvalue weighted by atomic mass is 9.94. The van der Waals surface area contributed by atoms with Crippen LogP contribution in [0, 0.1) is 11.7 Å². The molecule has 136 valence electrons. The van der Waals surface area contributed by atoms with Gasteiger partial charge in [0.2, 0.25) is 11.8 Å². The van der Waals surface area contributed by atoms with Gasteiger partial charge in [-0.25, -0.2) is 4.39 Å². The first-order valence-electron chi connectivity index (χ1n) is 9.14. The molecule has 1 unspecified atom stereocenters. The number of likely N-dealkylation sites (tertiary alicyclic amines) is 2. The van der Waals surface area contributed by atoms with Crippen LogP contribution in [-0.4, -0.2) is 53.8 Å². The van der Waals surface area contributed by atoms with Gasteiger partial charge in [0.1, 0.15) is 5.82 Å². The molecule has 2 heterocycles. The summed E-state index contributed by atoms with van der Waals surface area (Å²) in [5.74, 6) is -0.0333. The summed E-state index contributed by atoms with van der Waals surface area (Å²) >= 11 is 0. The Balaban J connectivity index is 1.48. The Morgan fingerprint density at radius 1 is 1.08 bits per heavy atom. The lowest BCUT2D eigenvalue weighted by Crippen LogP contribution is -2.48. The van der Waals surface area contributed by atoms with E-state index in [2.05, 4.69) is 10.2 Å². The second-order valence-corrected chi connectivity index (χ2v) is 7.01. The molecule has 2 aliphatic heterocycles. The van der Waals surface area contributed by atoms with Gasteiger partial charge in [-0.15, -0.1) is 0 Å². The van der Waals surface area contributed by atoms with Crippen LogP contribution in [0.2, 0.25) is 0 Å². The maximum Gasteiger partial charge on any atom is 0.241 e. The quantitative estimate of drug-likeness (QED) is 0.910. The Kier molecular flexibility index (Phi) is 5.68. The van der Waals surface area contributed by atoms with Crippen molar-refractivity contribution in [2.75, 3.05) is 31.5 Å². The lowest BCUT2D eigenvalue weighted by Gasteiger charge is -2.36. The SMILES string of the molecule is CC(C(=O)Nc1ccc(F)cc1)N1CCC(C(=O)N2CCCC2)CC1. The number of piperidine rings is 1. The van der Waals surface area contributed by atoms with Gasteiger partial charge in [0.15, 0.2) is 0 Å². The zero-order valence-electron chi connectivity index (χ0n) is 14.7. The predicted octanol–water partition coefficient (Wildman–Crippen LogP) is 2.49. The van der Waals surface area contributed by atoms with Crippen LogP contribution in [0.3, 0.4) is 0 Å². The van der Waals surface area contributed by atoms with Crippen molar-refractivity contribution in [2.24, 2.45) is 5.92 Å². The molecule has 2 fully saturated rings. The highest BCUT2D eigenvalue weighted by Gasteiger charge is 2.32. The number of amides is 2. The molecule has 0 aromatic heterocycles. The normalized spacial score (nSPS) is 20.5. The van der Waals surface area contributed by atoms with Gasteiger partial charge in [-0.2, -0.15) is 0 Å². The summed E-state index contributed by atoms with van der Waals surface area (Å²) in [5, 5.41) is 2.82. The van der Waals surface area contributed by atoms with Gasteiger partial charge in [-0.3, -0.25) is 14.5 Å². The Morgan fingerprint density at radius 2 is 1.68 bits per heavy atom. The first kappa shape index (κ1) is 17.9. The summed E-state index contributed by atoms with van der Waals surface area (Å²) in [5.41, 5.74) is 0.595. The van der Waals surface area contributed by atoms with Crippen molar-refractivity contribution >= 4 is 17.5 Å². The fourth-order valence-corrected chi connectivity index (χ4v) is 3.68. The van der Waals surface area contributed by atoms with Crippen LogP contribution in [0.5, 0.6) is 0 Å². The third kappa shape index (κ3) is 4.37. The Hall–Kier alpha value is -1.95. The average molecular weight is 347 g/mol. The molecule has 0 aliphatic carbocycles. The summed E-state index contributed by atoms with van der Waals surface area (Å²) in [6, 6.07) is 5.50. The third-order valence-corrected chi connectivity index (χ3v) is 5.34.